The van der Waals surface area contributed by atoms with Crippen LogP contribution in [0.1, 0.15) is 38.8 Å². The fourth-order valence-electron chi connectivity index (χ4n) is 1.75. The Morgan fingerprint density at radius 3 is 1.52 bits per heavy atom. The van der Waals surface area contributed by atoms with Crippen LogP contribution < -0.4 is 0 Å². The van der Waals surface area contributed by atoms with Crippen molar-refractivity contribution in [2.24, 2.45) is 11.8 Å². The molecule has 0 aliphatic rings. The molecule has 0 saturated carbocycles. The van der Waals surface area contributed by atoms with Gasteiger partial charge in [0, 0.05) is 5.02 Å². The zero-order valence-corrected chi connectivity index (χ0v) is 15.3. The van der Waals surface area contributed by atoms with Gasteiger partial charge in [-0.05, 0) is 35.1 Å². The van der Waals surface area contributed by atoms with Gasteiger partial charge in [0.05, 0.1) is 0 Å². The van der Waals surface area contributed by atoms with E-state index in [4.69, 9.17) is 11.6 Å². The van der Waals surface area contributed by atoms with Crippen molar-refractivity contribution in [3.8, 4) is 0 Å². The summed E-state index contributed by atoms with van der Waals surface area (Å²) in [5.41, 5.74) is 2.48. The van der Waals surface area contributed by atoms with Crippen molar-refractivity contribution in [2.75, 3.05) is 0 Å². The maximum atomic E-state index is 5.75. The number of halogens is 1. The van der Waals surface area contributed by atoms with Gasteiger partial charge in [0.2, 0.25) is 0 Å². The molecular weight excluding hydrogens is 300 g/mol. The van der Waals surface area contributed by atoms with Crippen LogP contribution in [0, 0.1) is 11.8 Å². The van der Waals surface area contributed by atoms with Crippen LogP contribution in [0.4, 0.5) is 0 Å². The first-order valence-electron chi connectivity index (χ1n) is 8.14. The van der Waals surface area contributed by atoms with E-state index in [0.717, 1.165) is 5.02 Å². The lowest BCUT2D eigenvalue weighted by molar-refractivity contribution is 0.836. The van der Waals surface area contributed by atoms with Gasteiger partial charge in [0.15, 0.2) is 0 Å². The van der Waals surface area contributed by atoms with E-state index in [0.29, 0.717) is 11.8 Å². The molecule has 0 bridgehead atoms. The van der Waals surface area contributed by atoms with Crippen molar-refractivity contribution < 1.29 is 0 Å². The lowest BCUT2D eigenvalue weighted by Gasteiger charge is -1.95. The van der Waals surface area contributed by atoms with Gasteiger partial charge in [-0.3, -0.25) is 0 Å². The van der Waals surface area contributed by atoms with Gasteiger partial charge in [0.1, 0.15) is 0 Å². The Bertz CT molecular complexity index is 590. The fraction of sp³-hybridized carbons (Fsp3) is 0.273. The average Bonchev–Trinajstić information content (AvgIpc) is 2.54. The van der Waals surface area contributed by atoms with Gasteiger partial charge >= 0.3 is 0 Å². The Morgan fingerprint density at radius 2 is 1.09 bits per heavy atom. The molecule has 0 aliphatic carbocycles. The molecule has 0 amide bonds. The summed E-state index contributed by atoms with van der Waals surface area (Å²) in [4.78, 5) is 0. The second-order valence-corrected chi connectivity index (χ2v) is 6.60. The first kappa shape index (κ1) is 19.3. The molecule has 1 heteroatoms. The number of rotatable bonds is 4. The largest absolute Gasteiger partial charge is 0.0843 e. The molecule has 0 N–H and O–H groups in total. The Hall–Kier alpha value is -1.79. The number of allylic oxidation sites excluding steroid dienone is 2. The Morgan fingerprint density at radius 1 is 0.652 bits per heavy atom. The average molecular weight is 327 g/mol. The molecule has 0 aromatic heterocycles. The standard InChI is InChI=1S/C11H13Cl.C11H14/c1-9(2)3-4-10-5-7-11(12)8-6-10;1-10(2)8-9-11-6-4-3-5-7-11/h3-9H,1-2H3;3-10H,1-2H3. The topological polar surface area (TPSA) is 0 Å². The van der Waals surface area contributed by atoms with Crippen molar-refractivity contribution >= 4 is 23.8 Å². The lowest BCUT2D eigenvalue weighted by Crippen LogP contribution is -1.77. The summed E-state index contributed by atoms with van der Waals surface area (Å²) in [5.74, 6) is 1.23. The van der Waals surface area contributed by atoms with E-state index in [1.165, 1.54) is 11.1 Å². The minimum Gasteiger partial charge on any atom is -0.0843 e. The highest BCUT2D eigenvalue weighted by Crippen LogP contribution is 2.11. The molecule has 0 heterocycles. The third-order valence-corrected chi connectivity index (χ3v) is 3.27. The molecule has 0 saturated heterocycles. The van der Waals surface area contributed by atoms with Crippen LogP contribution in [-0.2, 0) is 0 Å². The minimum absolute atomic E-state index is 0.598. The van der Waals surface area contributed by atoms with Crippen molar-refractivity contribution in [2.45, 2.75) is 27.7 Å². The maximum absolute atomic E-state index is 5.75. The molecule has 0 aliphatic heterocycles. The smallest absolute Gasteiger partial charge is 0.0406 e. The van der Waals surface area contributed by atoms with Gasteiger partial charge in [0.25, 0.3) is 0 Å². The zero-order chi connectivity index (χ0) is 17.1. The second kappa shape index (κ2) is 10.9. The predicted molar refractivity (Wildman–Crippen MR) is 106 cm³/mol. The summed E-state index contributed by atoms with van der Waals surface area (Å²) >= 11 is 5.75. The molecule has 2 aromatic carbocycles. The Kier molecular flexibility index (Phi) is 9.09. The molecule has 0 spiro atoms. The fourth-order valence-corrected chi connectivity index (χ4v) is 1.87. The van der Waals surface area contributed by atoms with Crippen molar-refractivity contribution in [1.82, 2.24) is 0 Å². The summed E-state index contributed by atoms with van der Waals surface area (Å²) < 4.78 is 0. The highest BCUT2D eigenvalue weighted by Gasteiger charge is 1.88. The SMILES string of the molecule is CC(C)C=Cc1ccc(Cl)cc1.CC(C)C=Cc1ccccc1. The predicted octanol–water partition coefficient (Wildman–Crippen LogP) is 7.37. The zero-order valence-electron chi connectivity index (χ0n) is 14.5. The molecule has 2 rings (SSSR count). The molecule has 0 nitrogen and oxygen atoms in total. The quantitative estimate of drug-likeness (QED) is 0.550. The molecule has 2 aromatic rings. The molecule has 23 heavy (non-hydrogen) atoms. The van der Waals surface area contributed by atoms with Gasteiger partial charge in [-0.1, -0.05) is 106 Å². The monoisotopic (exact) mass is 326 g/mol. The Balaban J connectivity index is 0.000000231. The second-order valence-electron chi connectivity index (χ2n) is 6.17. The van der Waals surface area contributed by atoms with E-state index in [1.54, 1.807) is 0 Å². The third-order valence-electron chi connectivity index (χ3n) is 3.02. The van der Waals surface area contributed by atoms with Gasteiger partial charge in [-0.15, -0.1) is 0 Å². The molecule has 122 valence electrons. The van der Waals surface area contributed by atoms with E-state index in [2.05, 4.69) is 76.3 Å². The van der Waals surface area contributed by atoms with Gasteiger partial charge < -0.3 is 0 Å². The van der Waals surface area contributed by atoms with E-state index in [9.17, 15) is 0 Å². The van der Waals surface area contributed by atoms with Crippen LogP contribution in [0.15, 0.2) is 66.7 Å². The van der Waals surface area contributed by atoms with Crippen LogP contribution >= 0.6 is 11.6 Å². The molecule has 0 fully saturated rings. The molecule has 0 unspecified atom stereocenters. The maximum Gasteiger partial charge on any atom is 0.0406 e. The van der Waals surface area contributed by atoms with Crippen LogP contribution in [0.3, 0.4) is 0 Å². The Labute approximate surface area is 146 Å². The summed E-state index contributed by atoms with van der Waals surface area (Å²) in [6, 6.07) is 18.2. The van der Waals surface area contributed by atoms with E-state index < -0.39 is 0 Å². The number of benzene rings is 2. The van der Waals surface area contributed by atoms with Gasteiger partial charge in [-0.25, -0.2) is 0 Å². The number of hydrogen-bond acceptors (Lipinski definition) is 0. The van der Waals surface area contributed by atoms with Crippen LogP contribution in [0.25, 0.3) is 12.2 Å². The molecular formula is C22H27Cl. The van der Waals surface area contributed by atoms with E-state index >= 15 is 0 Å². The van der Waals surface area contributed by atoms with Crippen molar-refractivity contribution in [3.05, 3.63) is 82.9 Å². The number of hydrogen-bond donors (Lipinski definition) is 0. The van der Waals surface area contributed by atoms with E-state index in [1.807, 2.05) is 30.3 Å². The lowest BCUT2D eigenvalue weighted by atomic mass is 10.1. The normalized spacial score (nSPS) is 11.3. The minimum atomic E-state index is 0.598. The van der Waals surface area contributed by atoms with Crippen LogP contribution in [0.5, 0.6) is 0 Å². The highest BCUT2D eigenvalue weighted by atomic mass is 35.5. The summed E-state index contributed by atoms with van der Waals surface area (Å²) in [7, 11) is 0. The summed E-state index contributed by atoms with van der Waals surface area (Å²) in [6.45, 7) is 8.68. The summed E-state index contributed by atoms with van der Waals surface area (Å²) in [6.07, 6.45) is 8.64. The van der Waals surface area contributed by atoms with Crippen molar-refractivity contribution in [3.63, 3.8) is 0 Å². The van der Waals surface area contributed by atoms with E-state index in [-0.39, 0.29) is 0 Å². The summed E-state index contributed by atoms with van der Waals surface area (Å²) in [5, 5.41) is 0.789. The first-order chi connectivity index (χ1) is 11.0. The van der Waals surface area contributed by atoms with Crippen molar-refractivity contribution in [1.29, 1.82) is 0 Å². The van der Waals surface area contributed by atoms with Gasteiger partial charge in [-0.2, -0.15) is 0 Å². The molecule has 0 radical (unpaired) electrons. The van der Waals surface area contributed by atoms with Crippen LogP contribution in [0.2, 0.25) is 5.02 Å². The highest BCUT2D eigenvalue weighted by molar-refractivity contribution is 6.30. The first-order valence-corrected chi connectivity index (χ1v) is 8.52. The third kappa shape index (κ3) is 9.76. The molecule has 0 atom stereocenters. The van der Waals surface area contributed by atoms with Crippen LogP contribution in [-0.4, -0.2) is 0 Å².